The number of guanidine groups is 1. The maximum Gasteiger partial charge on any atom is 0.292 e. The molecule has 0 radical (unpaired) electrons. The number of nitrogens with zero attached hydrogens (tertiary/aromatic N) is 7. The molecule has 44 heavy (non-hydrogen) atoms. The number of ether oxygens (including phenoxy) is 3. The van der Waals surface area contributed by atoms with Crippen molar-refractivity contribution in [3.8, 4) is 0 Å². The summed E-state index contributed by atoms with van der Waals surface area (Å²) in [6.07, 6.45) is -5.07. The van der Waals surface area contributed by atoms with Gasteiger partial charge in [0.2, 0.25) is 0 Å². The Morgan fingerprint density at radius 2 is 1.89 bits per heavy atom. The smallest absolute Gasteiger partial charge is 0.292 e. The van der Waals surface area contributed by atoms with Gasteiger partial charge < -0.3 is 55.7 Å². The number of imidazole rings is 2. The van der Waals surface area contributed by atoms with Gasteiger partial charge in [-0.2, -0.15) is 4.99 Å². The molecule has 2 saturated heterocycles. The molecule has 2 unspecified atom stereocenters. The lowest BCUT2D eigenvalue weighted by molar-refractivity contribution is -0.113. The molecule has 9 atom stereocenters. The van der Waals surface area contributed by atoms with Crippen LogP contribution in [0, 0.1) is 0 Å². The number of aromatic nitrogens is 6. The van der Waals surface area contributed by atoms with E-state index in [1.165, 1.54) is 31.3 Å². The van der Waals surface area contributed by atoms with Crippen molar-refractivity contribution in [3.05, 3.63) is 24.7 Å². The van der Waals surface area contributed by atoms with Crippen LogP contribution in [-0.2, 0) is 30.5 Å². The standard InChI is InChI=1S/C22H29F2N10O8PS/c1-21(12(36)11(39-2)18(42-21)33-6-29-9-14(25)27-5-28-15(9)33)4-40-43(38,44)13-19(41-8(3-35)22(13,23)24)34-7-30-10-16(34)31-20(26)32-17(10)37/h5-8,11-13,17-19,35-37H,3-4H2,1-2H3,(H,38,44)(H2,25,27,28)(H3,26,31,32)/t8-,11-,12+,13+,17?,18-,19-,21-,43?/m1/s1. The van der Waals surface area contributed by atoms with Crippen LogP contribution in [-0.4, -0.2) is 111 Å². The highest BCUT2D eigenvalue weighted by Crippen LogP contribution is 2.63. The summed E-state index contributed by atoms with van der Waals surface area (Å²) in [5.74, 6) is -4.15. The third-order valence-corrected chi connectivity index (χ3v) is 10.6. The molecular formula is C22H29F2N10O8PS. The Bertz CT molecular complexity index is 1660. The maximum atomic E-state index is 15.8. The maximum absolute atomic E-state index is 15.8. The van der Waals surface area contributed by atoms with E-state index in [-0.39, 0.29) is 34.5 Å². The molecule has 0 saturated carbocycles. The van der Waals surface area contributed by atoms with E-state index in [0.29, 0.717) is 0 Å². The summed E-state index contributed by atoms with van der Waals surface area (Å²) in [5.41, 5.74) is 8.20. The van der Waals surface area contributed by atoms with Crippen LogP contribution in [0.25, 0.3) is 11.2 Å². The quantitative estimate of drug-likeness (QED) is 0.139. The fourth-order valence-corrected chi connectivity index (χ4v) is 8.18. The fraction of sp³-hybridized carbons (Fsp3) is 0.591. The minimum Gasteiger partial charge on any atom is -0.393 e. The largest absolute Gasteiger partial charge is 0.393 e. The molecule has 0 bridgehead atoms. The molecule has 3 aromatic rings. The van der Waals surface area contributed by atoms with Crippen molar-refractivity contribution in [3.63, 3.8) is 0 Å². The second-order valence-electron chi connectivity index (χ2n) is 10.6. The molecule has 3 aromatic heterocycles. The molecule has 240 valence electrons. The van der Waals surface area contributed by atoms with Crippen LogP contribution in [0.5, 0.6) is 0 Å². The van der Waals surface area contributed by atoms with Gasteiger partial charge in [-0.15, -0.1) is 0 Å². The molecule has 0 amide bonds. The topological polar surface area (TPSA) is 256 Å². The van der Waals surface area contributed by atoms with Gasteiger partial charge in [0, 0.05) is 7.11 Å². The Labute approximate surface area is 251 Å². The van der Waals surface area contributed by atoms with Crippen LogP contribution in [0.1, 0.15) is 31.3 Å². The van der Waals surface area contributed by atoms with Gasteiger partial charge in [0.15, 0.2) is 48.4 Å². The van der Waals surface area contributed by atoms with Crippen LogP contribution < -0.4 is 16.8 Å². The summed E-state index contributed by atoms with van der Waals surface area (Å²) < 4.78 is 56.8. The second-order valence-corrected chi connectivity index (χ2v) is 14.1. The summed E-state index contributed by atoms with van der Waals surface area (Å²) >= 11 is 5.30. The van der Waals surface area contributed by atoms with Gasteiger partial charge in [-0.1, -0.05) is 0 Å². The van der Waals surface area contributed by atoms with Crippen molar-refractivity contribution >= 4 is 47.1 Å². The van der Waals surface area contributed by atoms with Crippen molar-refractivity contribution in [1.29, 1.82) is 0 Å². The third kappa shape index (κ3) is 4.75. The number of rotatable bonds is 8. The number of hydrogen-bond acceptors (Lipinski definition) is 16. The second kappa shape index (κ2) is 10.8. The summed E-state index contributed by atoms with van der Waals surface area (Å²) in [6.45, 7) is -4.96. The third-order valence-electron chi connectivity index (χ3n) is 7.83. The Balaban J connectivity index is 1.30. The molecule has 6 rings (SSSR count). The Kier molecular flexibility index (Phi) is 7.63. The van der Waals surface area contributed by atoms with Crippen molar-refractivity contribution in [2.45, 2.75) is 61.1 Å². The predicted octanol–water partition coefficient (Wildman–Crippen LogP) is -1.28. The van der Waals surface area contributed by atoms with Crippen LogP contribution in [0.2, 0.25) is 0 Å². The van der Waals surface area contributed by atoms with Crippen LogP contribution in [0.15, 0.2) is 24.0 Å². The minimum atomic E-state index is -4.60. The van der Waals surface area contributed by atoms with Crippen LogP contribution in [0.3, 0.4) is 0 Å². The number of hydrogen-bond donors (Lipinski definition) is 7. The normalized spacial score (nSPS) is 34.5. The van der Waals surface area contributed by atoms with Gasteiger partial charge in [-0.25, -0.2) is 28.7 Å². The first kappa shape index (κ1) is 31.0. The van der Waals surface area contributed by atoms with E-state index in [4.69, 9.17) is 42.0 Å². The van der Waals surface area contributed by atoms with Crippen molar-refractivity contribution in [1.82, 2.24) is 34.4 Å². The monoisotopic (exact) mass is 662 g/mol. The van der Waals surface area contributed by atoms with Gasteiger partial charge in [-0.3, -0.25) is 9.13 Å². The van der Waals surface area contributed by atoms with Crippen molar-refractivity contribution < 1.29 is 47.7 Å². The summed E-state index contributed by atoms with van der Waals surface area (Å²) in [5, 5.41) is 33.6. The summed E-state index contributed by atoms with van der Waals surface area (Å²) in [6, 6.07) is 0. The number of fused-ring (bicyclic) bond motifs is 2. The average molecular weight is 663 g/mol. The first-order chi connectivity index (χ1) is 20.7. The number of nitrogens with one attached hydrogen (secondary N) is 1. The number of methoxy groups -OCH3 is 1. The number of anilines is 1. The van der Waals surface area contributed by atoms with Gasteiger partial charge >= 0.3 is 0 Å². The molecule has 0 aromatic carbocycles. The van der Waals surface area contributed by atoms with E-state index in [0.717, 1.165) is 10.9 Å². The lowest BCUT2D eigenvalue weighted by atomic mass is 9.98. The number of nitrogen functional groups attached to an aromatic ring is 1. The highest BCUT2D eigenvalue weighted by Gasteiger charge is 2.66. The Morgan fingerprint density at radius 1 is 1.16 bits per heavy atom. The van der Waals surface area contributed by atoms with Crippen molar-refractivity contribution in [2.75, 3.05) is 26.1 Å². The highest BCUT2D eigenvalue weighted by atomic mass is 32.5. The number of aliphatic hydroxyl groups is 3. The van der Waals surface area contributed by atoms with Gasteiger partial charge in [0.1, 0.15) is 47.1 Å². The summed E-state index contributed by atoms with van der Waals surface area (Å²) in [4.78, 5) is 31.7. The van der Waals surface area contributed by atoms with E-state index in [1.807, 2.05) is 0 Å². The first-order valence-corrected chi connectivity index (χ1v) is 15.8. The van der Waals surface area contributed by atoms with Crippen molar-refractivity contribution in [2.24, 2.45) is 10.7 Å². The lowest BCUT2D eigenvalue weighted by Gasteiger charge is -2.34. The molecule has 9 N–H and O–H groups in total. The van der Waals surface area contributed by atoms with Crippen LogP contribution in [0.4, 0.5) is 20.4 Å². The minimum absolute atomic E-state index is 0.0461. The van der Waals surface area contributed by atoms with E-state index in [2.05, 4.69) is 30.2 Å². The predicted molar refractivity (Wildman–Crippen MR) is 149 cm³/mol. The highest BCUT2D eigenvalue weighted by molar-refractivity contribution is 8.09. The molecule has 22 heteroatoms. The lowest BCUT2D eigenvalue weighted by Crippen LogP contribution is -2.46. The molecule has 0 spiro atoms. The number of halogens is 2. The molecular weight excluding hydrogens is 633 g/mol. The van der Waals surface area contributed by atoms with Gasteiger partial charge in [0.25, 0.3) is 5.92 Å². The number of aliphatic imine (C=N–C) groups is 1. The zero-order chi connectivity index (χ0) is 31.8. The van der Waals surface area contributed by atoms with Crippen LogP contribution >= 0.6 is 6.49 Å². The van der Waals surface area contributed by atoms with E-state index >= 15 is 8.78 Å². The average Bonchev–Trinajstić information content (AvgIpc) is 3.70. The summed E-state index contributed by atoms with van der Waals surface area (Å²) in [7, 11) is 1.33. The zero-order valence-electron chi connectivity index (χ0n) is 23.0. The Hall–Kier alpha value is -2.98. The van der Waals surface area contributed by atoms with Gasteiger partial charge in [0.05, 0.1) is 25.9 Å². The van der Waals surface area contributed by atoms with E-state index in [9.17, 15) is 20.2 Å². The fourth-order valence-electron chi connectivity index (χ4n) is 5.55. The number of alkyl halides is 2. The molecule has 3 aliphatic rings. The molecule has 2 fully saturated rings. The molecule has 0 aliphatic carbocycles. The number of nitrogens with two attached hydrogens (primary N) is 2. The SMILES string of the molecule is CO[C@H]1[C@H](n2cnc3c(N)ncnc32)O[C@](C)(COP(O)(=S)[C@H]2[C@H](n3cnc4c3N=C(N)NC4O)O[C@H](CO)C2(F)F)[C@H]1O. The Morgan fingerprint density at radius 3 is 2.59 bits per heavy atom. The molecule has 3 aliphatic heterocycles. The zero-order valence-corrected chi connectivity index (χ0v) is 24.7. The molecule has 18 nitrogen and oxygen atoms in total. The van der Waals surface area contributed by atoms with E-state index < -0.39 is 73.9 Å². The van der Waals surface area contributed by atoms with E-state index in [1.54, 1.807) is 0 Å². The molecule has 6 heterocycles. The van der Waals surface area contributed by atoms with Gasteiger partial charge in [-0.05, 0) is 18.7 Å². The first-order valence-electron chi connectivity index (χ1n) is 13.0. The number of aliphatic hydroxyl groups excluding tert-OH is 3.